The Kier molecular flexibility index (Phi) is 3.92. The van der Waals surface area contributed by atoms with Gasteiger partial charge < -0.3 is 10.5 Å². The molecule has 1 aromatic heterocycles. The van der Waals surface area contributed by atoms with Crippen LogP contribution in [0.2, 0.25) is 0 Å². The molecule has 1 amide bonds. The number of nitrogens with one attached hydrogen (secondary N) is 1. The number of carbonyl (C=O) groups is 1. The lowest BCUT2D eigenvalue weighted by Gasteiger charge is -2.08. The molecule has 0 spiro atoms. The highest BCUT2D eigenvalue weighted by Gasteiger charge is 2.19. The fraction of sp³-hybridized carbons (Fsp3) is 0.250. The van der Waals surface area contributed by atoms with Gasteiger partial charge in [0, 0.05) is 5.56 Å². The van der Waals surface area contributed by atoms with Gasteiger partial charge in [-0.15, -0.1) is 0 Å². The molecule has 0 aliphatic rings. The summed E-state index contributed by atoms with van der Waals surface area (Å²) in [6.45, 7) is 2.02. The van der Waals surface area contributed by atoms with E-state index in [0.29, 0.717) is 6.42 Å². The largest absolute Gasteiger partial charge is 0.488 e. The van der Waals surface area contributed by atoms with Crippen LogP contribution in [-0.4, -0.2) is 27.9 Å². The number of aromatic amines is 1. The van der Waals surface area contributed by atoms with Gasteiger partial charge >= 0.3 is 0 Å². The number of carbonyl (C=O) groups excluding carboxylic acids is 1. The minimum absolute atomic E-state index is 0.0164. The Hall–Kier alpha value is -2.51. The van der Waals surface area contributed by atoms with E-state index in [1.165, 1.54) is 0 Å². The summed E-state index contributed by atoms with van der Waals surface area (Å²) in [7, 11) is 0. The first kappa shape index (κ1) is 13.9. The molecule has 1 heterocycles. The topological polar surface area (TPSA) is 93.9 Å². The van der Waals surface area contributed by atoms with Crippen molar-refractivity contribution in [3.8, 4) is 17.0 Å². The smallest absolute Gasteiger partial charge is 0.271 e. The van der Waals surface area contributed by atoms with E-state index >= 15 is 0 Å². The number of hydrogen-bond acceptors (Lipinski definition) is 4. The van der Waals surface area contributed by atoms with Crippen molar-refractivity contribution in [2.75, 3.05) is 6.61 Å². The third kappa shape index (κ3) is 2.58. The van der Waals surface area contributed by atoms with E-state index < -0.39 is 23.3 Å². The highest BCUT2D eigenvalue weighted by Crippen LogP contribution is 2.29. The van der Waals surface area contributed by atoms with Gasteiger partial charge in [0.1, 0.15) is 5.69 Å². The molecule has 6 nitrogen and oxygen atoms in total. The summed E-state index contributed by atoms with van der Waals surface area (Å²) in [6, 6.07) is 2.02. The van der Waals surface area contributed by atoms with Crippen LogP contribution in [0, 0.1) is 11.6 Å². The predicted octanol–water partition coefficient (Wildman–Crippen LogP) is 1.64. The second-order valence-corrected chi connectivity index (χ2v) is 4.00. The molecule has 0 unspecified atom stereocenters. The zero-order chi connectivity index (χ0) is 14.7. The summed E-state index contributed by atoms with van der Waals surface area (Å²) >= 11 is 0. The third-order valence-electron chi connectivity index (χ3n) is 2.50. The Labute approximate surface area is 112 Å². The molecule has 0 aliphatic carbocycles. The SMILES string of the molecule is CCCOc1c(F)cc(-c2n[nH]nc2C(N)=O)cc1F. The van der Waals surface area contributed by atoms with Crippen molar-refractivity contribution in [2.45, 2.75) is 13.3 Å². The van der Waals surface area contributed by atoms with Gasteiger partial charge in [-0.1, -0.05) is 6.92 Å². The van der Waals surface area contributed by atoms with Crippen LogP contribution in [0.3, 0.4) is 0 Å². The van der Waals surface area contributed by atoms with Crippen molar-refractivity contribution in [2.24, 2.45) is 5.73 Å². The summed E-state index contributed by atoms with van der Waals surface area (Å²) in [4.78, 5) is 11.1. The lowest BCUT2D eigenvalue weighted by Crippen LogP contribution is -2.13. The van der Waals surface area contributed by atoms with Crippen LogP contribution in [0.15, 0.2) is 12.1 Å². The summed E-state index contributed by atoms with van der Waals surface area (Å²) in [5.41, 5.74) is 4.94. The first-order valence-corrected chi connectivity index (χ1v) is 5.87. The van der Waals surface area contributed by atoms with Gasteiger partial charge in [0.2, 0.25) is 0 Å². The quantitative estimate of drug-likeness (QED) is 0.871. The van der Waals surface area contributed by atoms with Gasteiger partial charge in [-0.3, -0.25) is 4.79 Å². The molecule has 2 rings (SSSR count). The van der Waals surface area contributed by atoms with Crippen molar-refractivity contribution in [1.29, 1.82) is 0 Å². The van der Waals surface area contributed by atoms with Gasteiger partial charge in [-0.25, -0.2) is 8.78 Å². The Balaban J connectivity index is 2.44. The Morgan fingerprint density at radius 1 is 1.35 bits per heavy atom. The number of H-pyrrole nitrogens is 1. The number of nitrogens with zero attached hydrogens (tertiary/aromatic N) is 2. The Morgan fingerprint density at radius 2 is 2.00 bits per heavy atom. The van der Waals surface area contributed by atoms with Crippen LogP contribution in [0.5, 0.6) is 5.75 Å². The van der Waals surface area contributed by atoms with E-state index in [2.05, 4.69) is 15.4 Å². The van der Waals surface area contributed by atoms with E-state index in [9.17, 15) is 13.6 Å². The van der Waals surface area contributed by atoms with Crippen molar-refractivity contribution in [1.82, 2.24) is 15.4 Å². The van der Waals surface area contributed by atoms with Crippen molar-refractivity contribution >= 4 is 5.91 Å². The number of halogens is 2. The van der Waals surface area contributed by atoms with Gasteiger partial charge in [0.15, 0.2) is 23.1 Å². The average Bonchev–Trinajstić information content (AvgIpc) is 2.87. The molecule has 3 N–H and O–H groups in total. The molecule has 0 bridgehead atoms. The van der Waals surface area contributed by atoms with Gasteiger partial charge in [0.05, 0.1) is 6.61 Å². The number of hydrogen-bond donors (Lipinski definition) is 2. The first-order chi connectivity index (χ1) is 9.54. The third-order valence-corrected chi connectivity index (χ3v) is 2.50. The molecule has 0 fully saturated rings. The number of rotatable bonds is 5. The maximum absolute atomic E-state index is 13.8. The molecule has 0 atom stereocenters. The molecule has 0 saturated heterocycles. The normalized spacial score (nSPS) is 10.6. The number of ether oxygens (including phenoxy) is 1. The van der Waals surface area contributed by atoms with Gasteiger partial charge in [-0.2, -0.15) is 15.4 Å². The fourth-order valence-electron chi connectivity index (χ4n) is 1.64. The van der Waals surface area contributed by atoms with Gasteiger partial charge in [-0.05, 0) is 18.6 Å². The van der Waals surface area contributed by atoms with Crippen LogP contribution in [0.25, 0.3) is 11.3 Å². The second-order valence-electron chi connectivity index (χ2n) is 4.00. The molecule has 106 valence electrons. The maximum atomic E-state index is 13.8. The van der Waals surface area contributed by atoms with Crippen molar-refractivity contribution in [3.05, 3.63) is 29.5 Å². The minimum atomic E-state index is -0.883. The second kappa shape index (κ2) is 5.64. The van der Waals surface area contributed by atoms with Crippen LogP contribution in [-0.2, 0) is 0 Å². The van der Waals surface area contributed by atoms with Crippen LogP contribution >= 0.6 is 0 Å². The molecule has 2 aromatic rings. The number of aromatic nitrogens is 3. The predicted molar refractivity (Wildman–Crippen MR) is 66.0 cm³/mol. The first-order valence-electron chi connectivity index (χ1n) is 5.87. The monoisotopic (exact) mass is 282 g/mol. The van der Waals surface area contributed by atoms with Crippen molar-refractivity contribution < 1.29 is 18.3 Å². The maximum Gasteiger partial charge on any atom is 0.271 e. The van der Waals surface area contributed by atoms with Gasteiger partial charge in [0.25, 0.3) is 5.91 Å². The zero-order valence-corrected chi connectivity index (χ0v) is 10.6. The van der Waals surface area contributed by atoms with E-state index in [-0.39, 0.29) is 23.6 Å². The van der Waals surface area contributed by atoms with E-state index in [1.807, 2.05) is 6.92 Å². The summed E-state index contributed by atoms with van der Waals surface area (Å²) < 4.78 is 32.6. The standard InChI is InChI=1S/C12H12F2N4O2/c1-2-3-20-11-7(13)4-6(5-8(11)14)9-10(12(15)19)17-18-16-9/h4-5H,2-3H2,1H3,(H2,15,19)(H,16,17,18). The summed E-state index contributed by atoms with van der Waals surface area (Å²) in [5.74, 6) is -3.07. The Morgan fingerprint density at radius 3 is 2.55 bits per heavy atom. The highest BCUT2D eigenvalue weighted by molar-refractivity contribution is 5.96. The molecule has 0 radical (unpaired) electrons. The molecular weight excluding hydrogens is 270 g/mol. The lowest BCUT2D eigenvalue weighted by molar-refractivity contribution is 0.0996. The van der Waals surface area contributed by atoms with E-state index in [4.69, 9.17) is 10.5 Å². The minimum Gasteiger partial charge on any atom is -0.488 e. The molecule has 1 aromatic carbocycles. The number of nitrogens with two attached hydrogens (primary N) is 1. The summed E-state index contributed by atoms with van der Waals surface area (Å²) in [5, 5.41) is 9.40. The van der Waals surface area contributed by atoms with Crippen LogP contribution in [0.1, 0.15) is 23.8 Å². The van der Waals surface area contributed by atoms with Crippen LogP contribution < -0.4 is 10.5 Å². The zero-order valence-electron chi connectivity index (χ0n) is 10.6. The lowest BCUT2D eigenvalue weighted by atomic mass is 10.1. The molecule has 0 aliphatic heterocycles. The van der Waals surface area contributed by atoms with Crippen molar-refractivity contribution in [3.63, 3.8) is 0 Å². The van der Waals surface area contributed by atoms with E-state index in [0.717, 1.165) is 12.1 Å². The molecular formula is C12H12F2N4O2. The van der Waals surface area contributed by atoms with E-state index in [1.54, 1.807) is 0 Å². The fourth-order valence-corrected chi connectivity index (χ4v) is 1.64. The number of primary amides is 1. The number of amides is 1. The molecule has 8 heteroatoms. The Bertz CT molecular complexity index is 619. The highest BCUT2D eigenvalue weighted by atomic mass is 19.1. The number of benzene rings is 1. The molecule has 0 saturated carbocycles. The average molecular weight is 282 g/mol. The molecule has 20 heavy (non-hydrogen) atoms. The summed E-state index contributed by atoms with van der Waals surface area (Å²) in [6.07, 6.45) is 0.621. The van der Waals surface area contributed by atoms with Crippen LogP contribution in [0.4, 0.5) is 8.78 Å².